The van der Waals surface area contributed by atoms with Gasteiger partial charge in [-0.1, -0.05) is 50.4 Å². The first-order valence-corrected chi connectivity index (χ1v) is 7.14. The van der Waals surface area contributed by atoms with Crippen LogP contribution in [0.1, 0.15) is 39.2 Å². The lowest BCUT2D eigenvalue weighted by atomic mass is 10.2. The molecule has 0 fully saturated rings. The normalized spacial score (nSPS) is 11.0. The van der Waals surface area contributed by atoms with Crippen LogP contribution in [0.3, 0.4) is 0 Å². The smallest absolute Gasteiger partial charge is 0.142 e. The SMILES string of the molecule is CCCCOc1c(Cl)cc(Cl)cc1CNC(C)C. The summed E-state index contributed by atoms with van der Waals surface area (Å²) in [6, 6.07) is 4.04. The number of unbranched alkanes of at least 4 members (excludes halogenated alkanes) is 1. The number of benzene rings is 1. The van der Waals surface area contributed by atoms with E-state index in [1.807, 2.05) is 6.07 Å². The topological polar surface area (TPSA) is 21.3 Å². The van der Waals surface area contributed by atoms with Crippen LogP contribution in [0, 0.1) is 0 Å². The highest BCUT2D eigenvalue weighted by molar-refractivity contribution is 6.35. The molecule has 1 N–H and O–H groups in total. The van der Waals surface area contributed by atoms with Gasteiger partial charge in [0.15, 0.2) is 0 Å². The van der Waals surface area contributed by atoms with Crippen LogP contribution in [0.25, 0.3) is 0 Å². The van der Waals surface area contributed by atoms with Crippen molar-refractivity contribution in [1.29, 1.82) is 0 Å². The maximum atomic E-state index is 6.19. The Labute approximate surface area is 120 Å². The van der Waals surface area contributed by atoms with E-state index in [9.17, 15) is 0 Å². The van der Waals surface area contributed by atoms with Crippen molar-refractivity contribution in [2.24, 2.45) is 0 Å². The summed E-state index contributed by atoms with van der Waals surface area (Å²) in [6.07, 6.45) is 2.13. The van der Waals surface area contributed by atoms with Gasteiger partial charge in [-0.3, -0.25) is 0 Å². The summed E-state index contributed by atoms with van der Waals surface area (Å²) in [6.45, 7) is 7.73. The first-order valence-electron chi connectivity index (χ1n) is 6.38. The van der Waals surface area contributed by atoms with E-state index < -0.39 is 0 Å². The number of halogens is 2. The molecule has 1 aromatic carbocycles. The van der Waals surface area contributed by atoms with Crippen molar-refractivity contribution in [1.82, 2.24) is 5.32 Å². The predicted octanol–water partition coefficient (Wildman–Crippen LogP) is 4.67. The second kappa shape index (κ2) is 7.88. The third kappa shape index (κ3) is 5.05. The fourth-order valence-electron chi connectivity index (χ4n) is 1.54. The molecule has 0 atom stereocenters. The van der Waals surface area contributed by atoms with Crippen LogP contribution < -0.4 is 10.1 Å². The summed E-state index contributed by atoms with van der Waals surface area (Å²) in [5, 5.41) is 4.57. The summed E-state index contributed by atoms with van der Waals surface area (Å²) >= 11 is 12.2. The molecular formula is C14H21Cl2NO. The standard InChI is InChI=1S/C14H21Cl2NO/c1-4-5-6-18-14-11(9-17-10(2)3)7-12(15)8-13(14)16/h7-8,10,17H,4-6,9H2,1-3H3. The van der Waals surface area contributed by atoms with E-state index in [-0.39, 0.29) is 0 Å². The van der Waals surface area contributed by atoms with E-state index in [0.717, 1.165) is 24.2 Å². The molecule has 102 valence electrons. The third-order valence-electron chi connectivity index (χ3n) is 2.53. The molecule has 1 aromatic rings. The molecule has 4 heteroatoms. The van der Waals surface area contributed by atoms with Crippen LogP contribution in [0.4, 0.5) is 0 Å². The van der Waals surface area contributed by atoms with E-state index in [0.29, 0.717) is 29.2 Å². The molecule has 0 heterocycles. The predicted molar refractivity (Wildman–Crippen MR) is 78.8 cm³/mol. The van der Waals surface area contributed by atoms with E-state index in [1.165, 1.54) is 0 Å². The van der Waals surface area contributed by atoms with Gasteiger partial charge >= 0.3 is 0 Å². The molecule has 1 rings (SSSR count). The lowest BCUT2D eigenvalue weighted by Gasteiger charge is -2.15. The minimum Gasteiger partial charge on any atom is -0.492 e. The maximum Gasteiger partial charge on any atom is 0.142 e. The lowest BCUT2D eigenvalue weighted by molar-refractivity contribution is 0.305. The average Bonchev–Trinajstić information content (AvgIpc) is 2.29. The zero-order valence-corrected chi connectivity index (χ0v) is 12.7. The molecule has 18 heavy (non-hydrogen) atoms. The van der Waals surface area contributed by atoms with Crippen LogP contribution in [0.5, 0.6) is 5.75 Å². The van der Waals surface area contributed by atoms with Crippen molar-refractivity contribution in [3.05, 3.63) is 27.7 Å². The molecule has 0 saturated heterocycles. The molecule has 0 spiro atoms. The van der Waals surface area contributed by atoms with Gasteiger partial charge in [-0.05, 0) is 18.6 Å². The van der Waals surface area contributed by atoms with Crippen molar-refractivity contribution in [2.75, 3.05) is 6.61 Å². The van der Waals surface area contributed by atoms with Crippen molar-refractivity contribution in [3.8, 4) is 5.75 Å². The van der Waals surface area contributed by atoms with Crippen LogP contribution in [-0.4, -0.2) is 12.6 Å². The highest BCUT2D eigenvalue weighted by Gasteiger charge is 2.11. The van der Waals surface area contributed by atoms with Crippen LogP contribution in [-0.2, 0) is 6.54 Å². The Morgan fingerprint density at radius 3 is 2.61 bits per heavy atom. The van der Waals surface area contributed by atoms with Crippen molar-refractivity contribution in [3.63, 3.8) is 0 Å². The van der Waals surface area contributed by atoms with Gasteiger partial charge in [-0.2, -0.15) is 0 Å². The Balaban J connectivity index is 2.83. The summed E-state index contributed by atoms with van der Waals surface area (Å²) in [4.78, 5) is 0. The highest BCUT2D eigenvalue weighted by atomic mass is 35.5. The Morgan fingerprint density at radius 1 is 1.28 bits per heavy atom. The van der Waals surface area contributed by atoms with E-state index >= 15 is 0 Å². The van der Waals surface area contributed by atoms with Gasteiger partial charge in [0, 0.05) is 23.2 Å². The Morgan fingerprint density at radius 2 is 2.00 bits per heavy atom. The van der Waals surface area contributed by atoms with Gasteiger partial charge < -0.3 is 10.1 Å². The molecule has 0 unspecified atom stereocenters. The quantitative estimate of drug-likeness (QED) is 0.737. The van der Waals surface area contributed by atoms with Crippen LogP contribution >= 0.6 is 23.2 Å². The number of hydrogen-bond donors (Lipinski definition) is 1. The summed E-state index contributed by atoms with van der Waals surface area (Å²) in [7, 11) is 0. The van der Waals surface area contributed by atoms with Crippen LogP contribution in [0.15, 0.2) is 12.1 Å². The fourth-order valence-corrected chi connectivity index (χ4v) is 2.13. The Kier molecular flexibility index (Phi) is 6.83. The molecule has 0 bridgehead atoms. The van der Waals surface area contributed by atoms with Gasteiger partial charge in [-0.15, -0.1) is 0 Å². The number of rotatable bonds is 7. The van der Waals surface area contributed by atoms with Gasteiger partial charge in [0.05, 0.1) is 11.6 Å². The number of ether oxygens (including phenoxy) is 1. The minimum atomic E-state index is 0.409. The average molecular weight is 290 g/mol. The van der Waals surface area contributed by atoms with Gasteiger partial charge in [-0.25, -0.2) is 0 Å². The van der Waals surface area contributed by atoms with Crippen molar-refractivity contribution < 1.29 is 4.74 Å². The van der Waals surface area contributed by atoms with Gasteiger partial charge in [0.2, 0.25) is 0 Å². The number of nitrogens with one attached hydrogen (secondary N) is 1. The Hall–Kier alpha value is -0.440. The fraction of sp³-hybridized carbons (Fsp3) is 0.571. The van der Waals surface area contributed by atoms with Gasteiger partial charge in [0.1, 0.15) is 5.75 Å². The summed E-state index contributed by atoms with van der Waals surface area (Å²) in [5.74, 6) is 0.752. The summed E-state index contributed by atoms with van der Waals surface area (Å²) < 4.78 is 5.77. The molecule has 0 amide bonds. The second-order valence-corrected chi connectivity index (χ2v) is 5.46. The summed E-state index contributed by atoms with van der Waals surface area (Å²) in [5.41, 5.74) is 1.01. The molecule has 0 radical (unpaired) electrons. The lowest BCUT2D eigenvalue weighted by Crippen LogP contribution is -2.22. The minimum absolute atomic E-state index is 0.409. The highest BCUT2D eigenvalue weighted by Crippen LogP contribution is 2.32. The first-order chi connectivity index (χ1) is 8.54. The molecule has 0 aliphatic carbocycles. The van der Waals surface area contributed by atoms with Crippen molar-refractivity contribution >= 4 is 23.2 Å². The first kappa shape index (κ1) is 15.6. The maximum absolute atomic E-state index is 6.19. The molecule has 0 aliphatic rings. The monoisotopic (exact) mass is 289 g/mol. The Bertz CT molecular complexity index is 380. The van der Waals surface area contributed by atoms with E-state index in [2.05, 4.69) is 26.1 Å². The zero-order chi connectivity index (χ0) is 13.5. The molecule has 0 aromatic heterocycles. The number of hydrogen-bond acceptors (Lipinski definition) is 2. The molecular weight excluding hydrogens is 269 g/mol. The van der Waals surface area contributed by atoms with Gasteiger partial charge in [0.25, 0.3) is 0 Å². The third-order valence-corrected chi connectivity index (χ3v) is 3.03. The molecule has 0 saturated carbocycles. The molecule has 0 aliphatic heterocycles. The van der Waals surface area contributed by atoms with E-state index in [1.54, 1.807) is 6.07 Å². The molecule has 2 nitrogen and oxygen atoms in total. The van der Waals surface area contributed by atoms with E-state index in [4.69, 9.17) is 27.9 Å². The zero-order valence-electron chi connectivity index (χ0n) is 11.2. The second-order valence-electron chi connectivity index (χ2n) is 4.61. The van der Waals surface area contributed by atoms with Crippen LogP contribution in [0.2, 0.25) is 10.0 Å². The van der Waals surface area contributed by atoms with Crippen molar-refractivity contribution in [2.45, 2.75) is 46.2 Å². The largest absolute Gasteiger partial charge is 0.492 e.